The number of hydrogen-bond acceptors (Lipinski definition) is 4. The third-order valence-corrected chi connectivity index (χ3v) is 0. The molecule has 0 bridgehead atoms. The molecule has 0 aliphatic heterocycles. The van der Waals surface area contributed by atoms with Gasteiger partial charge in [-0.3, -0.25) is 0 Å². The minimum absolute atomic E-state index is 0. The summed E-state index contributed by atoms with van der Waals surface area (Å²) in [6.45, 7) is 0. The summed E-state index contributed by atoms with van der Waals surface area (Å²) in [4.78, 5) is 0. The Bertz CT molecular complexity index is 153. The van der Waals surface area contributed by atoms with Crippen molar-refractivity contribution >= 4 is 21.8 Å². The molecule has 6 N–H and O–H groups in total. The van der Waals surface area contributed by atoms with Crippen molar-refractivity contribution in [2.24, 2.45) is 10.3 Å². The molecule has 0 rings (SSSR count). The number of hydrogen-bond donors (Lipinski definition) is 2. The highest BCUT2D eigenvalue weighted by Crippen LogP contribution is 1.40. The van der Waals surface area contributed by atoms with Crippen LogP contribution in [0.25, 0.3) is 0 Å². The number of nitrogens with two attached hydrogens (primary N) is 2. The molecule has 0 spiro atoms. The fraction of sp³-hybridized carbons (Fsp3) is 0. The Morgan fingerprint density at radius 3 is 1.11 bits per heavy atom. The zero-order valence-corrected chi connectivity index (χ0v) is 6.01. The first kappa shape index (κ1) is 15.9. The summed E-state index contributed by atoms with van der Waals surface area (Å²) in [6, 6.07) is 0. The van der Waals surface area contributed by atoms with Crippen molar-refractivity contribution in [2.75, 3.05) is 0 Å². The van der Waals surface area contributed by atoms with Gasteiger partial charge in [0.2, 0.25) is 0 Å². The second-order valence-electron chi connectivity index (χ2n) is 0.672. The molecule has 60 valence electrons. The summed E-state index contributed by atoms with van der Waals surface area (Å²) in [6.07, 6.45) is 0. The monoisotopic (exact) mass is 180 g/mol. The molecular formula is H8N2O5S2. The van der Waals surface area contributed by atoms with Crippen LogP contribution in [0.5, 0.6) is 0 Å². The molecule has 9 heavy (non-hydrogen) atoms. The van der Waals surface area contributed by atoms with E-state index in [2.05, 4.69) is 10.3 Å². The highest BCUT2D eigenvalue weighted by Gasteiger charge is 1.78. The summed E-state index contributed by atoms with van der Waals surface area (Å²) in [5, 5.41) is 8.21. The van der Waals surface area contributed by atoms with E-state index in [4.69, 9.17) is 8.42 Å². The van der Waals surface area contributed by atoms with Crippen LogP contribution in [0.4, 0.5) is 0 Å². The molecule has 0 aromatic carbocycles. The second-order valence-corrected chi connectivity index (χ2v) is 2.02. The number of rotatable bonds is 0. The van der Waals surface area contributed by atoms with Gasteiger partial charge in [0.05, 0.1) is 0 Å². The molecule has 0 saturated heterocycles. The molecule has 0 saturated carbocycles. The zero-order valence-electron chi connectivity index (χ0n) is 4.20. The Hall–Kier alpha value is -0.220. The molecule has 0 fully saturated rings. The van der Waals surface area contributed by atoms with E-state index in [0.29, 0.717) is 0 Å². The third kappa shape index (κ3) is 5370. The van der Waals surface area contributed by atoms with Crippen LogP contribution in [-0.4, -0.2) is 22.3 Å². The minimum atomic E-state index is -3.67. The molecule has 0 aromatic heterocycles. The van der Waals surface area contributed by atoms with Crippen LogP contribution in [0, 0.1) is 0 Å². The van der Waals surface area contributed by atoms with Gasteiger partial charge in [0, 0.05) is 0 Å². The lowest BCUT2D eigenvalue weighted by molar-refractivity contribution is 0.599. The first-order valence-electron chi connectivity index (χ1n) is 1.21. The van der Waals surface area contributed by atoms with Gasteiger partial charge in [-0.2, -0.15) is 8.42 Å². The van der Waals surface area contributed by atoms with Crippen LogP contribution in [0.1, 0.15) is 0 Å². The molecule has 0 aliphatic carbocycles. The average Bonchev–Trinajstić information content (AvgIpc) is 1.27. The van der Waals surface area contributed by atoms with Crippen LogP contribution >= 0.6 is 0 Å². The maximum atomic E-state index is 9.19. The second kappa shape index (κ2) is 7.78. The van der Waals surface area contributed by atoms with E-state index in [0.717, 1.165) is 0 Å². The molecule has 0 heterocycles. The lowest BCUT2D eigenvalue weighted by Crippen LogP contribution is -2.21. The van der Waals surface area contributed by atoms with Crippen molar-refractivity contribution in [3.8, 4) is 0 Å². The van der Waals surface area contributed by atoms with Gasteiger partial charge in [0.15, 0.2) is 0 Å². The average molecular weight is 180 g/mol. The Morgan fingerprint density at radius 2 is 1.11 bits per heavy atom. The first-order chi connectivity index (χ1) is 3.41. The summed E-state index contributed by atoms with van der Waals surface area (Å²) in [7, 11) is -3.67. The maximum absolute atomic E-state index is 9.19. The van der Waals surface area contributed by atoms with Crippen LogP contribution in [-0.2, 0) is 21.8 Å². The molecule has 0 unspecified atom stereocenters. The smallest absolute Gasteiger partial charge is 0.271 e. The van der Waals surface area contributed by atoms with Gasteiger partial charge in [-0.1, -0.05) is 0 Å². The predicted octanol–water partition coefficient (Wildman–Crippen LogP) is -3.88. The van der Waals surface area contributed by atoms with Gasteiger partial charge in [0.1, 0.15) is 11.6 Å². The zero-order chi connectivity index (χ0) is 7.21. The van der Waals surface area contributed by atoms with Gasteiger partial charge in [-0.05, 0) is 0 Å². The van der Waals surface area contributed by atoms with Gasteiger partial charge in [0.25, 0.3) is 10.2 Å². The van der Waals surface area contributed by atoms with Crippen molar-refractivity contribution < 1.29 is 22.3 Å². The first-order valence-corrected chi connectivity index (χ1v) is 3.64. The quantitative estimate of drug-likeness (QED) is 0.391. The van der Waals surface area contributed by atoms with E-state index in [1.54, 1.807) is 0 Å². The van der Waals surface area contributed by atoms with E-state index in [1.165, 1.54) is 0 Å². The minimum Gasteiger partial charge on any atom is -0.412 e. The van der Waals surface area contributed by atoms with Gasteiger partial charge in [-0.15, -0.1) is 0 Å². The lowest BCUT2D eigenvalue weighted by atomic mass is 13.9. The van der Waals surface area contributed by atoms with Crippen molar-refractivity contribution in [3.63, 3.8) is 0 Å². The maximum Gasteiger partial charge on any atom is 0.271 e. The fourth-order valence-corrected chi connectivity index (χ4v) is 0. The van der Waals surface area contributed by atoms with E-state index in [1.807, 2.05) is 0 Å². The molecule has 0 amide bonds. The van der Waals surface area contributed by atoms with Crippen molar-refractivity contribution in [3.05, 3.63) is 0 Å². The van der Waals surface area contributed by atoms with Crippen molar-refractivity contribution in [1.29, 1.82) is 0 Å². The van der Waals surface area contributed by atoms with Gasteiger partial charge < -0.3 is 5.48 Å². The Kier molecular flexibility index (Phi) is 13.8. The van der Waals surface area contributed by atoms with E-state index in [-0.39, 0.29) is 5.48 Å². The molecule has 0 radical (unpaired) electrons. The Labute approximate surface area is 55.1 Å². The normalized spacial score (nSPS) is 8.22. The highest BCUT2D eigenvalue weighted by molar-refractivity contribution is 7.86. The van der Waals surface area contributed by atoms with Crippen LogP contribution < -0.4 is 10.3 Å². The summed E-state index contributed by atoms with van der Waals surface area (Å²) in [5.74, 6) is 0. The Morgan fingerprint density at radius 1 is 1.11 bits per heavy atom. The van der Waals surface area contributed by atoms with Crippen molar-refractivity contribution in [2.45, 2.75) is 0 Å². The van der Waals surface area contributed by atoms with Crippen LogP contribution in [0.2, 0.25) is 0 Å². The lowest BCUT2D eigenvalue weighted by Gasteiger charge is -1.72. The van der Waals surface area contributed by atoms with Gasteiger partial charge in [-0.25, -0.2) is 18.7 Å². The SMILES string of the molecule is NS(N)(=O)=O.O.O=[SH2]=O. The topological polar surface area (TPSA) is 152 Å². The van der Waals surface area contributed by atoms with E-state index < -0.39 is 21.8 Å². The standard InChI is InChI=1S/H4N2O2S.H2O2S.H2O/c1-5(2,3)4;1-3-2;/h(H4,1,2,3,4);3H2;1H2. The van der Waals surface area contributed by atoms with Gasteiger partial charge >= 0.3 is 0 Å². The molecule has 0 atom stereocenters. The summed E-state index contributed by atoms with van der Waals surface area (Å²) >= 11 is -1.42. The largest absolute Gasteiger partial charge is 0.412 e. The fourth-order valence-electron chi connectivity index (χ4n) is 0. The van der Waals surface area contributed by atoms with E-state index >= 15 is 0 Å². The molecule has 7 nitrogen and oxygen atoms in total. The van der Waals surface area contributed by atoms with E-state index in [9.17, 15) is 8.42 Å². The molecule has 0 aromatic rings. The van der Waals surface area contributed by atoms with Crippen LogP contribution in [0.3, 0.4) is 0 Å². The molecular weight excluding hydrogens is 172 g/mol. The molecule has 9 heteroatoms. The summed E-state index contributed by atoms with van der Waals surface area (Å²) < 4.78 is 35.2. The van der Waals surface area contributed by atoms with Crippen LogP contribution in [0.15, 0.2) is 0 Å². The van der Waals surface area contributed by atoms with Crippen molar-refractivity contribution in [1.82, 2.24) is 0 Å². The molecule has 0 aliphatic rings. The Balaban J connectivity index is -0.0000000800. The predicted molar refractivity (Wildman–Crippen MR) is 32.6 cm³/mol. The summed E-state index contributed by atoms with van der Waals surface area (Å²) in [5.41, 5.74) is 0. The third-order valence-electron chi connectivity index (χ3n) is 0. The highest BCUT2D eigenvalue weighted by atomic mass is 32.2.